The average Bonchev–Trinajstić information content (AvgIpc) is 3.44. The summed E-state index contributed by atoms with van der Waals surface area (Å²) in [5, 5.41) is 0. The Hall–Kier alpha value is -6.39. The third-order valence-electron chi connectivity index (χ3n) is 13.6. The van der Waals surface area contributed by atoms with Gasteiger partial charge in [0, 0.05) is 6.61 Å². The van der Waals surface area contributed by atoms with Crippen molar-refractivity contribution < 1.29 is 42.8 Å². The molecule has 6 aromatic rings. The molecule has 0 bridgehead atoms. The van der Waals surface area contributed by atoms with E-state index < -0.39 is 54.2 Å². The number of benzene rings is 6. The average molecular weight is 987 g/mol. The molecule has 9 heteroatoms. The van der Waals surface area contributed by atoms with E-state index in [1.165, 1.54) is 77.0 Å². The third kappa shape index (κ3) is 16.0. The van der Waals surface area contributed by atoms with E-state index in [4.69, 9.17) is 28.4 Å². The van der Waals surface area contributed by atoms with Crippen LogP contribution in [0.15, 0.2) is 182 Å². The number of rotatable bonds is 30. The number of ether oxygens (including phenoxy) is 6. The van der Waals surface area contributed by atoms with Crippen molar-refractivity contribution in [3.8, 4) is 0 Å². The van der Waals surface area contributed by atoms with Gasteiger partial charge in [-0.2, -0.15) is 0 Å². The molecule has 0 saturated carbocycles. The number of esters is 3. The van der Waals surface area contributed by atoms with Gasteiger partial charge >= 0.3 is 17.9 Å². The summed E-state index contributed by atoms with van der Waals surface area (Å²) in [6.07, 6.45) is 13.2. The summed E-state index contributed by atoms with van der Waals surface area (Å²) in [4.78, 5) is 42.8. The van der Waals surface area contributed by atoms with Crippen LogP contribution in [0.25, 0.3) is 0 Å². The second-order valence-corrected chi connectivity index (χ2v) is 19.0. The monoisotopic (exact) mass is 987 g/mol. The largest absolute Gasteiger partial charge is 0.452 e. The molecule has 6 aromatic carbocycles. The van der Waals surface area contributed by atoms with Crippen molar-refractivity contribution in [1.29, 1.82) is 0 Å². The van der Waals surface area contributed by atoms with E-state index in [0.29, 0.717) is 0 Å². The summed E-state index contributed by atoms with van der Waals surface area (Å²) < 4.78 is 40.2. The van der Waals surface area contributed by atoms with Gasteiger partial charge in [0.2, 0.25) is 0 Å². The summed E-state index contributed by atoms with van der Waals surface area (Å²) in [6.45, 7) is 2.35. The lowest BCUT2D eigenvalue weighted by Crippen LogP contribution is -2.63. The van der Waals surface area contributed by atoms with E-state index >= 15 is 0 Å². The van der Waals surface area contributed by atoms with Gasteiger partial charge in [-0.3, -0.25) is 0 Å². The smallest absolute Gasteiger partial charge is 0.338 e. The Kier molecular flexibility index (Phi) is 22.3. The molecule has 5 atom stereocenters. The second kappa shape index (κ2) is 30.0. The van der Waals surface area contributed by atoms with Crippen molar-refractivity contribution in [1.82, 2.24) is 0 Å². The van der Waals surface area contributed by atoms with E-state index in [1.54, 1.807) is 91.0 Å². The molecule has 0 unspecified atom stereocenters. The number of hydrogen-bond acceptors (Lipinski definition) is 9. The number of hydrogen-bond donors (Lipinski definition) is 0. The first-order valence-corrected chi connectivity index (χ1v) is 26.8. The molecule has 0 spiro atoms. The predicted molar refractivity (Wildman–Crippen MR) is 286 cm³/mol. The zero-order valence-corrected chi connectivity index (χ0v) is 42.6. The van der Waals surface area contributed by atoms with Crippen molar-refractivity contribution >= 4 is 17.9 Å². The fraction of sp³-hybridized carbons (Fsp3) is 0.391. The molecule has 9 nitrogen and oxygen atoms in total. The van der Waals surface area contributed by atoms with E-state index in [2.05, 4.69) is 6.92 Å². The van der Waals surface area contributed by atoms with Crippen molar-refractivity contribution in [2.75, 3.05) is 13.2 Å². The van der Waals surface area contributed by atoms with Crippen LogP contribution in [-0.2, 0) is 34.0 Å². The molecular formula is C64H74O9. The predicted octanol–water partition coefficient (Wildman–Crippen LogP) is 14.7. The fourth-order valence-corrected chi connectivity index (χ4v) is 9.67. The van der Waals surface area contributed by atoms with Crippen LogP contribution in [0.4, 0.5) is 0 Å². The lowest BCUT2D eigenvalue weighted by atomic mass is 9.80. The third-order valence-corrected chi connectivity index (χ3v) is 13.6. The van der Waals surface area contributed by atoms with Gasteiger partial charge in [-0.05, 0) is 59.5 Å². The number of unbranched alkanes of at least 4 members (excludes halogenated alkanes) is 15. The van der Waals surface area contributed by atoms with E-state index in [0.717, 1.165) is 42.4 Å². The lowest BCUT2D eigenvalue weighted by molar-refractivity contribution is -0.303. The van der Waals surface area contributed by atoms with Crippen molar-refractivity contribution in [2.24, 2.45) is 0 Å². The molecule has 0 radical (unpaired) electrons. The summed E-state index contributed by atoms with van der Waals surface area (Å²) >= 11 is 0. The van der Waals surface area contributed by atoms with Gasteiger partial charge < -0.3 is 28.4 Å². The molecule has 0 N–H and O–H groups in total. The highest BCUT2D eigenvalue weighted by atomic mass is 16.7. The molecule has 1 saturated heterocycles. The van der Waals surface area contributed by atoms with Crippen LogP contribution in [0, 0.1) is 0 Å². The zero-order chi connectivity index (χ0) is 50.8. The number of carbonyl (C=O) groups excluding carboxylic acids is 3. The van der Waals surface area contributed by atoms with Gasteiger partial charge in [0.05, 0.1) is 23.3 Å². The van der Waals surface area contributed by atoms with Gasteiger partial charge in [-0.15, -0.1) is 0 Å². The molecule has 73 heavy (non-hydrogen) atoms. The Bertz CT molecular complexity index is 2370. The molecule has 0 aliphatic carbocycles. The minimum absolute atomic E-state index is 0.191. The van der Waals surface area contributed by atoms with E-state index in [9.17, 15) is 14.4 Å². The first-order valence-electron chi connectivity index (χ1n) is 26.8. The maximum atomic E-state index is 14.3. The van der Waals surface area contributed by atoms with Crippen molar-refractivity contribution in [3.63, 3.8) is 0 Å². The summed E-state index contributed by atoms with van der Waals surface area (Å²) in [7, 11) is 0. The zero-order valence-electron chi connectivity index (χ0n) is 42.6. The highest BCUT2D eigenvalue weighted by molar-refractivity contribution is 5.91. The lowest BCUT2D eigenvalue weighted by Gasteiger charge is -2.45. The molecule has 1 fully saturated rings. The number of carbonyl (C=O) groups is 3. The quantitative estimate of drug-likeness (QED) is 0.0189. The van der Waals surface area contributed by atoms with Gasteiger partial charge in [0.25, 0.3) is 0 Å². The SMILES string of the molecule is CCCCCCCCCCCCCCCCCCO[C@H]1O[C@H](COC(c2ccccc2)(c2ccccc2)c2ccccc2)[C@@H](OC(=O)c2ccccc2)[C@H](OC(=O)c2ccccc2)[C@H]1OC(=O)c1ccccc1. The summed E-state index contributed by atoms with van der Waals surface area (Å²) in [6, 6.07) is 55.4. The second-order valence-electron chi connectivity index (χ2n) is 19.0. The van der Waals surface area contributed by atoms with E-state index in [1.807, 2.05) is 91.0 Å². The molecule has 384 valence electrons. The van der Waals surface area contributed by atoms with E-state index in [-0.39, 0.29) is 29.9 Å². The molecule has 1 aliphatic rings. The fourth-order valence-electron chi connectivity index (χ4n) is 9.67. The Labute approximate surface area is 433 Å². The molecule has 0 amide bonds. The molecule has 0 aromatic heterocycles. The highest BCUT2D eigenvalue weighted by Gasteiger charge is 2.54. The Morgan fingerprint density at radius 1 is 0.397 bits per heavy atom. The molecule has 1 heterocycles. The van der Waals surface area contributed by atoms with Gasteiger partial charge in [-0.1, -0.05) is 249 Å². The van der Waals surface area contributed by atoms with Crippen LogP contribution in [0.2, 0.25) is 0 Å². The highest BCUT2D eigenvalue weighted by Crippen LogP contribution is 2.42. The van der Waals surface area contributed by atoms with Gasteiger partial charge in [0.15, 0.2) is 24.6 Å². The van der Waals surface area contributed by atoms with Crippen LogP contribution in [-0.4, -0.2) is 61.8 Å². The maximum Gasteiger partial charge on any atom is 0.338 e. The summed E-state index contributed by atoms with van der Waals surface area (Å²) in [5.41, 5.74) is 2.14. The Balaban J connectivity index is 1.16. The first kappa shape index (κ1) is 54.4. The first-order chi connectivity index (χ1) is 36.0. The van der Waals surface area contributed by atoms with Crippen molar-refractivity contribution in [2.45, 2.75) is 146 Å². The van der Waals surface area contributed by atoms with Gasteiger partial charge in [0.1, 0.15) is 11.7 Å². The van der Waals surface area contributed by atoms with Crippen LogP contribution < -0.4 is 0 Å². The Morgan fingerprint density at radius 2 is 0.712 bits per heavy atom. The van der Waals surface area contributed by atoms with Crippen molar-refractivity contribution in [3.05, 3.63) is 215 Å². The molecule has 1 aliphatic heterocycles. The standard InChI is InChI=1S/C64H74O9/c1-2-3-4-5-6-7-8-9-10-11-12-13-14-15-16-35-48-68-63-59(73-62(67)52-40-27-19-28-41-52)58(72-61(66)51-38-25-18-26-39-51)57(71-60(65)50-36-23-17-24-37-50)56(70-63)49-69-64(53-42-29-20-30-43-53,54-44-31-21-32-45-54)55-46-33-22-34-47-55/h17-34,36-47,56-59,63H,2-16,35,48-49H2,1H3/t56-,57-,58+,59-,63+/m1/s1. The van der Waals surface area contributed by atoms with Crippen LogP contribution in [0.3, 0.4) is 0 Å². The maximum absolute atomic E-state index is 14.3. The topological polar surface area (TPSA) is 107 Å². The summed E-state index contributed by atoms with van der Waals surface area (Å²) in [5.74, 6) is -2.09. The van der Waals surface area contributed by atoms with Crippen LogP contribution in [0.5, 0.6) is 0 Å². The molecule has 7 rings (SSSR count). The Morgan fingerprint density at radius 3 is 1.08 bits per heavy atom. The minimum Gasteiger partial charge on any atom is -0.452 e. The van der Waals surface area contributed by atoms with Gasteiger partial charge in [-0.25, -0.2) is 14.4 Å². The van der Waals surface area contributed by atoms with Crippen LogP contribution in [0.1, 0.15) is 157 Å². The van der Waals surface area contributed by atoms with Crippen LogP contribution >= 0.6 is 0 Å². The molecular weight excluding hydrogens is 913 g/mol. The normalized spacial score (nSPS) is 17.6. The minimum atomic E-state index is -1.43.